The monoisotopic (exact) mass is 312 g/mol. The molecule has 3 aromatic rings. The molecule has 6 heteroatoms. The Morgan fingerprint density at radius 2 is 2.17 bits per heavy atom. The topological polar surface area (TPSA) is 64.8 Å². The summed E-state index contributed by atoms with van der Waals surface area (Å²) in [5.74, 6) is -0.357. The van der Waals surface area contributed by atoms with Gasteiger partial charge in [0.1, 0.15) is 11.5 Å². The molecule has 118 valence electrons. The number of H-pyrrole nitrogens is 2. The highest BCUT2D eigenvalue weighted by Gasteiger charge is 2.30. The van der Waals surface area contributed by atoms with Crippen LogP contribution in [0.25, 0.3) is 10.9 Å². The fourth-order valence-corrected chi connectivity index (χ4v) is 3.32. The number of amides is 1. The van der Waals surface area contributed by atoms with Crippen molar-refractivity contribution >= 4 is 16.8 Å². The number of benzene rings is 1. The van der Waals surface area contributed by atoms with Gasteiger partial charge in [-0.3, -0.25) is 9.89 Å². The molecule has 0 saturated carbocycles. The first-order chi connectivity index (χ1) is 11.2. The van der Waals surface area contributed by atoms with E-state index in [2.05, 4.69) is 15.2 Å². The number of likely N-dealkylation sites (tertiary alicyclic amines) is 1. The Labute approximate surface area is 132 Å². The second kappa shape index (κ2) is 5.53. The molecule has 0 radical (unpaired) electrons. The SMILES string of the molecule is O=C(c1cc2cc(F)ccc2[nH]1)N1CCCC[C@H]1c1ccn[nH]1. The summed E-state index contributed by atoms with van der Waals surface area (Å²) in [5.41, 5.74) is 2.22. The number of rotatable bonds is 2. The Balaban J connectivity index is 1.67. The van der Waals surface area contributed by atoms with Crippen molar-refractivity contribution in [3.8, 4) is 0 Å². The summed E-state index contributed by atoms with van der Waals surface area (Å²) in [6.07, 6.45) is 4.71. The Hall–Kier alpha value is -2.63. The molecule has 0 bridgehead atoms. The van der Waals surface area contributed by atoms with Gasteiger partial charge in [-0.1, -0.05) is 0 Å². The van der Waals surface area contributed by atoms with Crippen molar-refractivity contribution in [3.05, 3.63) is 53.7 Å². The highest BCUT2D eigenvalue weighted by atomic mass is 19.1. The minimum absolute atomic E-state index is 0.0156. The molecule has 1 atom stereocenters. The predicted octanol–water partition coefficient (Wildman–Crippen LogP) is 3.40. The van der Waals surface area contributed by atoms with Crippen LogP contribution in [0.3, 0.4) is 0 Å². The first kappa shape index (κ1) is 14.0. The molecule has 0 unspecified atom stereocenters. The van der Waals surface area contributed by atoms with Gasteiger partial charge in [0, 0.05) is 23.6 Å². The molecule has 2 N–H and O–H groups in total. The first-order valence-electron chi connectivity index (χ1n) is 7.81. The summed E-state index contributed by atoms with van der Waals surface area (Å²) in [6, 6.07) is 8.13. The van der Waals surface area contributed by atoms with E-state index in [4.69, 9.17) is 0 Å². The van der Waals surface area contributed by atoms with Crippen molar-refractivity contribution in [1.82, 2.24) is 20.1 Å². The van der Waals surface area contributed by atoms with E-state index >= 15 is 0 Å². The molecule has 0 aliphatic carbocycles. The van der Waals surface area contributed by atoms with Gasteiger partial charge in [0.2, 0.25) is 0 Å². The van der Waals surface area contributed by atoms with Crippen molar-refractivity contribution in [3.63, 3.8) is 0 Å². The van der Waals surface area contributed by atoms with Crippen molar-refractivity contribution in [2.75, 3.05) is 6.54 Å². The maximum absolute atomic E-state index is 13.3. The molecular formula is C17H17FN4O. The second-order valence-corrected chi connectivity index (χ2v) is 5.94. The van der Waals surface area contributed by atoms with E-state index in [-0.39, 0.29) is 17.8 Å². The molecule has 2 aromatic heterocycles. The minimum atomic E-state index is -0.302. The average Bonchev–Trinajstić information content (AvgIpc) is 3.23. The molecule has 1 aliphatic heterocycles. The van der Waals surface area contributed by atoms with Gasteiger partial charge in [-0.2, -0.15) is 5.10 Å². The van der Waals surface area contributed by atoms with Gasteiger partial charge in [-0.15, -0.1) is 0 Å². The van der Waals surface area contributed by atoms with Crippen LogP contribution in [0.2, 0.25) is 0 Å². The van der Waals surface area contributed by atoms with Crippen LogP contribution in [0.15, 0.2) is 36.5 Å². The number of fused-ring (bicyclic) bond motifs is 1. The standard InChI is InChI=1S/C17H17FN4O/c18-12-4-5-13-11(9-12)10-15(20-13)17(23)22-8-2-1-3-16(22)14-6-7-19-21-14/h4-7,9-10,16,20H,1-3,8H2,(H,19,21)/t16-/m0/s1. The van der Waals surface area contributed by atoms with Crippen molar-refractivity contribution in [2.45, 2.75) is 25.3 Å². The fraction of sp³-hybridized carbons (Fsp3) is 0.294. The van der Waals surface area contributed by atoms with E-state index in [1.807, 2.05) is 11.0 Å². The van der Waals surface area contributed by atoms with Crippen LogP contribution < -0.4 is 0 Å². The van der Waals surface area contributed by atoms with Crippen molar-refractivity contribution in [2.24, 2.45) is 0 Å². The molecule has 1 saturated heterocycles. The summed E-state index contributed by atoms with van der Waals surface area (Å²) in [4.78, 5) is 17.9. The smallest absolute Gasteiger partial charge is 0.270 e. The zero-order valence-electron chi connectivity index (χ0n) is 12.6. The van der Waals surface area contributed by atoms with Gasteiger partial charge in [0.15, 0.2) is 0 Å². The number of aromatic amines is 2. The van der Waals surface area contributed by atoms with Crippen LogP contribution in [0.4, 0.5) is 4.39 Å². The van der Waals surface area contributed by atoms with Crippen LogP contribution in [0, 0.1) is 5.82 Å². The lowest BCUT2D eigenvalue weighted by Crippen LogP contribution is -2.38. The highest BCUT2D eigenvalue weighted by molar-refractivity contribution is 5.98. The molecule has 1 amide bonds. The largest absolute Gasteiger partial charge is 0.351 e. The fourth-order valence-electron chi connectivity index (χ4n) is 3.32. The maximum Gasteiger partial charge on any atom is 0.270 e. The van der Waals surface area contributed by atoms with E-state index in [0.29, 0.717) is 17.6 Å². The number of carbonyl (C=O) groups excluding carboxylic acids is 1. The lowest BCUT2D eigenvalue weighted by molar-refractivity contribution is 0.0601. The molecule has 0 spiro atoms. The molecule has 1 aliphatic rings. The van der Waals surface area contributed by atoms with Crippen molar-refractivity contribution in [1.29, 1.82) is 0 Å². The molecular weight excluding hydrogens is 295 g/mol. The predicted molar refractivity (Wildman–Crippen MR) is 84.5 cm³/mol. The Morgan fingerprint density at radius 1 is 1.26 bits per heavy atom. The Kier molecular flexibility index (Phi) is 3.37. The lowest BCUT2D eigenvalue weighted by atomic mass is 9.99. The van der Waals surface area contributed by atoms with E-state index in [0.717, 1.165) is 30.5 Å². The van der Waals surface area contributed by atoms with E-state index in [1.54, 1.807) is 18.3 Å². The van der Waals surface area contributed by atoms with Gasteiger partial charge >= 0.3 is 0 Å². The zero-order chi connectivity index (χ0) is 15.8. The Bertz CT molecular complexity index is 840. The number of hydrogen-bond donors (Lipinski definition) is 2. The van der Waals surface area contributed by atoms with E-state index < -0.39 is 0 Å². The number of nitrogens with one attached hydrogen (secondary N) is 2. The number of nitrogens with zero attached hydrogens (tertiary/aromatic N) is 2. The molecule has 1 fully saturated rings. The number of hydrogen-bond acceptors (Lipinski definition) is 2. The van der Waals surface area contributed by atoms with Crippen molar-refractivity contribution < 1.29 is 9.18 Å². The van der Waals surface area contributed by atoms with Crippen LogP contribution >= 0.6 is 0 Å². The van der Waals surface area contributed by atoms with Gasteiger partial charge in [0.05, 0.1) is 11.7 Å². The quantitative estimate of drug-likeness (QED) is 0.761. The number of carbonyl (C=O) groups is 1. The normalized spacial score (nSPS) is 18.5. The van der Waals surface area contributed by atoms with Crippen LogP contribution in [-0.4, -0.2) is 32.5 Å². The number of aromatic nitrogens is 3. The lowest BCUT2D eigenvalue weighted by Gasteiger charge is -2.34. The number of halogens is 1. The second-order valence-electron chi connectivity index (χ2n) is 5.94. The molecule has 3 heterocycles. The summed E-state index contributed by atoms with van der Waals surface area (Å²) in [5, 5.41) is 7.68. The number of piperidine rings is 1. The van der Waals surface area contributed by atoms with Crippen LogP contribution in [-0.2, 0) is 0 Å². The minimum Gasteiger partial charge on any atom is -0.351 e. The first-order valence-corrected chi connectivity index (χ1v) is 7.81. The summed E-state index contributed by atoms with van der Waals surface area (Å²) >= 11 is 0. The average molecular weight is 312 g/mol. The summed E-state index contributed by atoms with van der Waals surface area (Å²) < 4.78 is 13.3. The van der Waals surface area contributed by atoms with E-state index in [1.165, 1.54) is 12.1 Å². The van der Waals surface area contributed by atoms with E-state index in [9.17, 15) is 9.18 Å². The zero-order valence-corrected chi connectivity index (χ0v) is 12.6. The summed E-state index contributed by atoms with van der Waals surface area (Å²) in [7, 11) is 0. The van der Waals surface area contributed by atoms with Gasteiger partial charge in [0.25, 0.3) is 5.91 Å². The third-order valence-electron chi connectivity index (χ3n) is 4.46. The molecule has 5 nitrogen and oxygen atoms in total. The van der Waals surface area contributed by atoms with Crippen LogP contribution in [0.1, 0.15) is 41.5 Å². The molecule has 1 aromatic carbocycles. The molecule has 23 heavy (non-hydrogen) atoms. The maximum atomic E-state index is 13.3. The third-order valence-corrected chi connectivity index (χ3v) is 4.46. The third kappa shape index (κ3) is 2.50. The van der Waals surface area contributed by atoms with Crippen LogP contribution in [0.5, 0.6) is 0 Å². The summed E-state index contributed by atoms with van der Waals surface area (Å²) in [6.45, 7) is 0.715. The highest BCUT2D eigenvalue weighted by Crippen LogP contribution is 2.31. The van der Waals surface area contributed by atoms with Gasteiger partial charge < -0.3 is 9.88 Å². The van der Waals surface area contributed by atoms with Gasteiger partial charge in [-0.25, -0.2) is 4.39 Å². The Morgan fingerprint density at radius 3 is 3.00 bits per heavy atom. The van der Waals surface area contributed by atoms with Gasteiger partial charge in [-0.05, 0) is 49.6 Å². The molecule has 4 rings (SSSR count).